The van der Waals surface area contributed by atoms with Crippen LogP contribution in [0.3, 0.4) is 0 Å². The van der Waals surface area contributed by atoms with Crippen LogP contribution in [0, 0.1) is 0 Å². The topological polar surface area (TPSA) is 77.2 Å². The minimum atomic E-state index is 0.293. The van der Waals surface area contributed by atoms with Crippen molar-refractivity contribution >= 4 is 12.2 Å². The SMILES string of the molecule is NCC(Cc1ccc(Oc2ccc(N[C]=O)nc2)cc1)c1ccccc1. The van der Waals surface area contributed by atoms with Gasteiger partial charge in [0.15, 0.2) is 0 Å². The number of benzene rings is 2. The first-order chi connectivity index (χ1) is 12.8. The predicted octanol–water partition coefficient (Wildman–Crippen LogP) is 3.64. The first-order valence-corrected chi connectivity index (χ1v) is 8.39. The number of ether oxygens (including phenoxy) is 1. The van der Waals surface area contributed by atoms with Crippen molar-refractivity contribution in [1.82, 2.24) is 4.98 Å². The second kappa shape index (κ2) is 8.78. The lowest BCUT2D eigenvalue weighted by Gasteiger charge is -2.15. The number of amides is 1. The Morgan fingerprint density at radius 1 is 1.00 bits per heavy atom. The van der Waals surface area contributed by atoms with Crippen molar-refractivity contribution < 1.29 is 9.53 Å². The highest BCUT2D eigenvalue weighted by Crippen LogP contribution is 2.24. The smallest absolute Gasteiger partial charge is 0.315 e. The zero-order chi connectivity index (χ0) is 18.2. The van der Waals surface area contributed by atoms with Gasteiger partial charge in [-0.15, -0.1) is 0 Å². The molecule has 0 saturated heterocycles. The number of nitrogens with zero attached hydrogens (tertiary/aromatic N) is 1. The Bertz CT molecular complexity index is 818. The van der Waals surface area contributed by atoms with Gasteiger partial charge in [0.25, 0.3) is 0 Å². The monoisotopic (exact) mass is 346 g/mol. The van der Waals surface area contributed by atoms with Gasteiger partial charge in [-0.1, -0.05) is 42.5 Å². The third-order valence-electron chi connectivity index (χ3n) is 4.11. The summed E-state index contributed by atoms with van der Waals surface area (Å²) in [6.45, 7) is 0.604. The summed E-state index contributed by atoms with van der Waals surface area (Å²) in [5.74, 6) is 2.04. The molecule has 3 N–H and O–H groups in total. The highest BCUT2D eigenvalue weighted by molar-refractivity contribution is 5.69. The summed E-state index contributed by atoms with van der Waals surface area (Å²) in [6, 6.07) is 21.7. The van der Waals surface area contributed by atoms with Gasteiger partial charge in [0, 0.05) is 5.92 Å². The molecule has 3 rings (SSSR count). The van der Waals surface area contributed by atoms with Gasteiger partial charge < -0.3 is 15.8 Å². The van der Waals surface area contributed by atoms with Crippen LogP contribution >= 0.6 is 0 Å². The first-order valence-electron chi connectivity index (χ1n) is 8.39. The summed E-state index contributed by atoms with van der Waals surface area (Å²) in [5.41, 5.74) is 8.41. The molecular weight excluding hydrogens is 326 g/mol. The van der Waals surface area contributed by atoms with E-state index in [1.807, 2.05) is 42.5 Å². The predicted molar refractivity (Wildman–Crippen MR) is 102 cm³/mol. The zero-order valence-corrected chi connectivity index (χ0v) is 14.3. The lowest BCUT2D eigenvalue weighted by Crippen LogP contribution is -2.14. The Morgan fingerprint density at radius 2 is 1.73 bits per heavy atom. The molecule has 1 amide bonds. The number of anilines is 1. The van der Waals surface area contributed by atoms with E-state index in [1.54, 1.807) is 24.7 Å². The normalized spacial score (nSPS) is 11.6. The van der Waals surface area contributed by atoms with Gasteiger partial charge in [-0.3, -0.25) is 4.79 Å². The number of rotatable bonds is 8. The highest BCUT2D eigenvalue weighted by Gasteiger charge is 2.10. The standard InChI is InChI=1S/C21H20N3O2/c22-13-18(17-4-2-1-3-5-17)12-16-6-8-19(9-7-16)26-20-10-11-21(23-14-20)24-15-25/h1-11,14,18H,12-13,22H2,(H,23,24,25). The molecular formula is C21H20N3O2. The van der Waals surface area contributed by atoms with Gasteiger partial charge in [0.1, 0.15) is 17.3 Å². The van der Waals surface area contributed by atoms with Crippen LogP contribution in [0.5, 0.6) is 11.5 Å². The number of pyridine rings is 1. The Labute approximate surface area is 152 Å². The van der Waals surface area contributed by atoms with Crippen molar-refractivity contribution in [3.8, 4) is 11.5 Å². The number of carbonyl (C=O) groups excluding carboxylic acids is 1. The lowest BCUT2D eigenvalue weighted by molar-refractivity contribution is 0.480. The minimum absolute atomic E-state index is 0.293. The summed E-state index contributed by atoms with van der Waals surface area (Å²) < 4.78 is 5.77. The third kappa shape index (κ3) is 4.68. The van der Waals surface area contributed by atoms with Gasteiger partial charge in [0.05, 0.1) is 6.20 Å². The molecule has 5 nitrogen and oxygen atoms in total. The van der Waals surface area contributed by atoms with Crippen LogP contribution in [0.2, 0.25) is 0 Å². The second-order valence-corrected chi connectivity index (χ2v) is 5.90. The summed E-state index contributed by atoms with van der Waals surface area (Å²) in [4.78, 5) is 14.3. The van der Waals surface area contributed by atoms with Gasteiger partial charge >= 0.3 is 6.41 Å². The van der Waals surface area contributed by atoms with Gasteiger partial charge in [-0.05, 0) is 48.4 Å². The maximum atomic E-state index is 10.3. The molecule has 0 aliphatic carbocycles. The molecule has 3 aromatic rings. The van der Waals surface area contributed by atoms with Gasteiger partial charge in [0.2, 0.25) is 0 Å². The molecule has 0 fully saturated rings. The van der Waals surface area contributed by atoms with Gasteiger partial charge in [-0.2, -0.15) is 0 Å². The van der Waals surface area contributed by atoms with Crippen molar-refractivity contribution in [3.63, 3.8) is 0 Å². The third-order valence-corrected chi connectivity index (χ3v) is 4.11. The van der Waals surface area contributed by atoms with E-state index in [0.717, 1.165) is 12.2 Å². The van der Waals surface area contributed by atoms with E-state index in [-0.39, 0.29) is 0 Å². The number of hydrogen-bond acceptors (Lipinski definition) is 4. The Hall–Kier alpha value is -3.18. The molecule has 0 bridgehead atoms. The van der Waals surface area contributed by atoms with E-state index >= 15 is 0 Å². The van der Waals surface area contributed by atoms with Crippen LogP contribution in [0.25, 0.3) is 0 Å². The van der Waals surface area contributed by atoms with Crippen molar-refractivity contribution in [3.05, 3.63) is 84.1 Å². The van der Waals surface area contributed by atoms with E-state index in [1.165, 1.54) is 11.1 Å². The lowest BCUT2D eigenvalue weighted by atomic mass is 9.92. The molecule has 0 aliphatic rings. The molecule has 5 heteroatoms. The number of nitrogens with two attached hydrogens (primary N) is 1. The van der Waals surface area contributed by atoms with Crippen LogP contribution in [-0.4, -0.2) is 17.9 Å². The van der Waals surface area contributed by atoms with E-state index < -0.39 is 0 Å². The number of nitrogens with one attached hydrogen (secondary N) is 1. The maximum Gasteiger partial charge on any atom is 0.315 e. The number of hydrogen-bond donors (Lipinski definition) is 2. The summed E-state index contributed by atoms with van der Waals surface area (Å²) in [5, 5.41) is 2.36. The van der Waals surface area contributed by atoms with Crippen LogP contribution in [-0.2, 0) is 11.2 Å². The fourth-order valence-corrected chi connectivity index (χ4v) is 2.74. The van der Waals surface area contributed by atoms with E-state index in [4.69, 9.17) is 10.5 Å². The fourth-order valence-electron chi connectivity index (χ4n) is 2.74. The molecule has 1 aromatic heterocycles. The van der Waals surface area contributed by atoms with Crippen molar-refractivity contribution in [1.29, 1.82) is 0 Å². The quantitative estimate of drug-likeness (QED) is 0.611. The van der Waals surface area contributed by atoms with E-state index in [2.05, 4.69) is 22.4 Å². The first kappa shape index (κ1) is 17.6. The molecule has 1 atom stereocenters. The molecule has 131 valence electrons. The average molecular weight is 346 g/mol. The summed E-state index contributed by atoms with van der Waals surface area (Å²) >= 11 is 0. The molecule has 0 aliphatic heterocycles. The fraction of sp³-hybridized carbons (Fsp3) is 0.143. The van der Waals surface area contributed by atoms with E-state index in [9.17, 15) is 4.79 Å². The average Bonchev–Trinajstić information content (AvgIpc) is 2.70. The minimum Gasteiger partial charge on any atom is -0.456 e. The molecule has 0 spiro atoms. The van der Waals surface area contributed by atoms with Crippen molar-refractivity contribution in [2.45, 2.75) is 12.3 Å². The van der Waals surface area contributed by atoms with Crippen LogP contribution in [0.15, 0.2) is 72.9 Å². The molecule has 2 aromatic carbocycles. The van der Waals surface area contributed by atoms with Crippen molar-refractivity contribution in [2.24, 2.45) is 5.73 Å². The van der Waals surface area contributed by atoms with Crippen LogP contribution in [0.4, 0.5) is 5.82 Å². The Balaban J connectivity index is 1.63. The second-order valence-electron chi connectivity index (χ2n) is 5.90. The van der Waals surface area contributed by atoms with Crippen LogP contribution < -0.4 is 15.8 Å². The number of aromatic nitrogens is 1. The Morgan fingerprint density at radius 3 is 2.35 bits per heavy atom. The van der Waals surface area contributed by atoms with Crippen molar-refractivity contribution in [2.75, 3.05) is 11.9 Å². The van der Waals surface area contributed by atoms with Crippen LogP contribution in [0.1, 0.15) is 17.0 Å². The maximum absolute atomic E-state index is 10.3. The molecule has 1 radical (unpaired) electrons. The molecule has 1 unspecified atom stereocenters. The molecule has 1 heterocycles. The zero-order valence-electron chi connectivity index (χ0n) is 14.3. The summed E-state index contributed by atoms with van der Waals surface area (Å²) in [7, 11) is 0. The van der Waals surface area contributed by atoms with Gasteiger partial charge in [-0.25, -0.2) is 4.98 Å². The molecule has 0 saturated carbocycles. The largest absolute Gasteiger partial charge is 0.456 e. The van der Waals surface area contributed by atoms with E-state index in [0.29, 0.717) is 24.0 Å². The molecule has 26 heavy (non-hydrogen) atoms. The highest BCUT2D eigenvalue weighted by atomic mass is 16.5. The summed E-state index contributed by atoms with van der Waals surface area (Å²) in [6.07, 6.45) is 4.01. The Kier molecular flexibility index (Phi) is 5.96.